The summed E-state index contributed by atoms with van der Waals surface area (Å²) in [4.78, 5) is 82.1. The Kier molecular flexibility index (Phi) is 14.4. The van der Waals surface area contributed by atoms with Crippen molar-refractivity contribution in [2.45, 2.75) is 70.1 Å². The van der Waals surface area contributed by atoms with E-state index in [1.807, 2.05) is 31.2 Å². The fraction of sp³-hybridized carbons (Fsp3) is 0.394. The lowest BCUT2D eigenvalue weighted by Crippen LogP contribution is -2.59. The van der Waals surface area contributed by atoms with Crippen LogP contribution in [0.2, 0.25) is 0 Å². The molecule has 0 aliphatic rings. The molecule has 258 valence electrons. The number of rotatable bonds is 17. The number of fused-ring (bicyclic) bond motifs is 1. The number of imide groups is 1. The molecule has 3 rings (SSSR count). The number of unbranched alkanes of at least 4 members (excludes halogenated alkanes) is 1. The minimum atomic E-state index is -1.48. The van der Waals surface area contributed by atoms with Crippen LogP contribution < -0.4 is 37.6 Å². The van der Waals surface area contributed by atoms with Crippen molar-refractivity contribution in [2.24, 2.45) is 11.5 Å². The van der Waals surface area contributed by atoms with Crippen molar-refractivity contribution < 1.29 is 28.8 Å². The monoisotopic (exact) mass is 682 g/mol. The van der Waals surface area contributed by atoms with Gasteiger partial charge in [-0.15, -0.1) is 11.6 Å². The molecule has 0 saturated carbocycles. The van der Waals surface area contributed by atoms with E-state index in [-0.39, 0.29) is 31.0 Å². The third-order valence-corrected chi connectivity index (χ3v) is 7.70. The number of para-hydroxylation sites is 2. The minimum Gasteiger partial charge on any atom is -0.370 e. The van der Waals surface area contributed by atoms with Crippen molar-refractivity contribution in [3.05, 3.63) is 66.4 Å². The fourth-order valence-corrected chi connectivity index (χ4v) is 5.09. The third kappa shape index (κ3) is 10.5. The summed E-state index contributed by atoms with van der Waals surface area (Å²) >= 11 is 5.69. The van der Waals surface area contributed by atoms with E-state index in [4.69, 9.17) is 23.1 Å². The summed E-state index contributed by atoms with van der Waals surface area (Å²) in [6, 6.07) is 10.1. The van der Waals surface area contributed by atoms with E-state index in [0.29, 0.717) is 12.8 Å². The average Bonchev–Trinajstić information content (AvgIpc) is 3.47. The van der Waals surface area contributed by atoms with Crippen molar-refractivity contribution in [3.8, 4) is 0 Å². The zero-order valence-electron chi connectivity index (χ0n) is 27.0. The number of alkyl halides is 1. The van der Waals surface area contributed by atoms with Crippen LogP contribution in [-0.4, -0.2) is 77.1 Å². The van der Waals surface area contributed by atoms with Gasteiger partial charge in [0.1, 0.15) is 18.1 Å². The minimum absolute atomic E-state index is 0.0914. The van der Waals surface area contributed by atoms with Crippen LogP contribution in [-0.2, 0) is 30.4 Å². The molecule has 14 nitrogen and oxygen atoms in total. The van der Waals surface area contributed by atoms with Crippen LogP contribution in [0.3, 0.4) is 0 Å². The summed E-state index contributed by atoms with van der Waals surface area (Å²) in [7, 11) is 0. The number of amides is 7. The lowest BCUT2D eigenvalue weighted by atomic mass is 10.0. The Bertz CT molecular complexity index is 1580. The summed E-state index contributed by atoms with van der Waals surface area (Å²) in [6.45, 7) is 3.36. The average molecular weight is 683 g/mol. The Morgan fingerprint density at radius 2 is 1.54 bits per heavy atom. The van der Waals surface area contributed by atoms with Crippen LogP contribution in [0, 0.1) is 0 Å². The normalized spacial score (nSPS) is 13.4. The van der Waals surface area contributed by atoms with E-state index in [2.05, 4.69) is 26.3 Å². The molecule has 0 radical (unpaired) electrons. The Balaban J connectivity index is 1.71. The first-order chi connectivity index (χ1) is 23.0. The van der Waals surface area contributed by atoms with Crippen LogP contribution in [0.1, 0.15) is 45.1 Å². The number of nitrogens with zero attached hydrogens (tertiary/aromatic N) is 1. The van der Waals surface area contributed by atoms with Crippen molar-refractivity contribution in [1.29, 1.82) is 0 Å². The number of nitrogens with one attached hydrogen (secondary N) is 5. The molecule has 9 N–H and O–H groups in total. The summed E-state index contributed by atoms with van der Waals surface area (Å²) in [5.74, 6) is -3.77. The van der Waals surface area contributed by atoms with Crippen LogP contribution in [0.15, 0.2) is 60.8 Å². The number of nitrogens with two attached hydrogens (primary N) is 2. The summed E-state index contributed by atoms with van der Waals surface area (Å²) in [5.41, 5.74) is 13.6. The maximum atomic E-state index is 13.5. The van der Waals surface area contributed by atoms with E-state index < -0.39 is 66.2 Å². The van der Waals surface area contributed by atoms with E-state index in [9.17, 15) is 28.8 Å². The van der Waals surface area contributed by atoms with Gasteiger partial charge in [0, 0.05) is 29.5 Å². The van der Waals surface area contributed by atoms with Gasteiger partial charge >= 0.3 is 6.03 Å². The lowest BCUT2D eigenvalue weighted by Gasteiger charge is -2.27. The number of carbonyl (C=O) groups is 6. The zero-order chi connectivity index (χ0) is 35.2. The van der Waals surface area contributed by atoms with E-state index in [1.54, 1.807) is 36.5 Å². The number of carbonyl (C=O) groups excluding carboxylic acids is 6. The Morgan fingerprint density at radius 1 is 0.896 bits per heavy atom. The second-order valence-electron chi connectivity index (χ2n) is 11.3. The quantitative estimate of drug-likeness (QED) is 0.104. The second-order valence-corrected chi connectivity index (χ2v) is 11.6. The molecule has 0 unspecified atom stereocenters. The zero-order valence-corrected chi connectivity index (χ0v) is 27.7. The van der Waals surface area contributed by atoms with Gasteiger partial charge in [-0.1, -0.05) is 56.2 Å². The van der Waals surface area contributed by atoms with Gasteiger partial charge < -0.3 is 37.7 Å². The SMILES string of the molecule is CCCC[C@H](NC(=O)[C@@H](N)Cc1c[nH]c2ccccc12)C(=O)N[C@@H](CC(N)=O)C(=O)N[C@@H](C)C(=O)N(C(=O)NCCCl)c1ccccc1. The first-order valence-corrected chi connectivity index (χ1v) is 16.2. The number of hydrogen-bond donors (Lipinski definition) is 7. The van der Waals surface area contributed by atoms with Crippen LogP contribution in [0.5, 0.6) is 0 Å². The van der Waals surface area contributed by atoms with Crippen LogP contribution >= 0.6 is 11.6 Å². The van der Waals surface area contributed by atoms with E-state index >= 15 is 0 Å². The summed E-state index contributed by atoms with van der Waals surface area (Å²) in [6.07, 6.45) is 2.91. The molecule has 15 heteroatoms. The predicted octanol–water partition coefficient (Wildman–Crippen LogP) is 1.56. The molecule has 48 heavy (non-hydrogen) atoms. The van der Waals surface area contributed by atoms with Crippen LogP contribution in [0.25, 0.3) is 10.9 Å². The van der Waals surface area contributed by atoms with Crippen molar-refractivity contribution >= 4 is 63.8 Å². The van der Waals surface area contributed by atoms with Gasteiger partial charge in [-0.2, -0.15) is 0 Å². The third-order valence-electron chi connectivity index (χ3n) is 7.51. The number of H-pyrrole nitrogens is 1. The molecule has 3 aromatic rings. The molecule has 0 bridgehead atoms. The maximum absolute atomic E-state index is 13.5. The molecular formula is C33H43ClN8O6. The van der Waals surface area contributed by atoms with Gasteiger partial charge in [-0.3, -0.25) is 24.0 Å². The van der Waals surface area contributed by atoms with Gasteiger partial charge in [-0.05, 0) is 43.5 Å². The van der Waals surface area contributed by atoms with Gasteiger partial charge in [-0.25, -0.2) is 9.69 Å². The molecule has 0 saturated heterocycles. The van der Waals surface area contributed by atoms with Gasteiger partial charge in [0.2, 0.25) is 23.6 Å². The molecule has 4 atom stereocenters. The molecule has 0 aliphatic carbocycles. The first kappa shape index (κ1) is 37.5. The molecule has 7 amide bonds. The highest BCUT2D eigenvalue weighted by atomic mass is 35.5. The largest absolute Gasteiger partial charge is 0.370 e. The standard InChI is InChI=1S/C33H43ClN8O6/c1-3-4-13-26(40-29(44)24(35)17-21-19-38-25-14-9-8-12-23(21)25)30(45)41-27(18-28(36)43)31(46)39-20(2)32(47)42(33(48)37-16-15-34)22-10-6-5-7-11-22/h5-12,14,19-20,24,26-27,38H,3-4,13,15-18,35H2,1-2H3,(H2,36,43)(H,37,48)(H,39,46)(H,40,44)(H,41,45)/t20-,24-,26-,27-/m0/s1. The number of aromatic amines is 1. The van der Waals surface area contributed by atoms with Crippen molar-refractivity contribution in [2.75, 3.05) is 17.3 Å². The maximum Gasteiger partial charge on any atom is 0.328 e. The first-order valence-electron chi connectivity index (χ1n) is 15.7. The number of benzene rings is 2. The molecule has 0 spiro atoms. The Hall–Kier alpha value is -4.95. The highest BCUT2D eigenvalue weighted by Crippen LogP contribution is 2.19. The van der Waals surface area contributed by atoms with Crippen molar-refractivity contribution in [3.63, 3.8) is 0 Å². The molecule has 2 aromatic carbocycles. The fourth-order valence-electron chi connectivity index (χ4n) is 4.99. The van der Waals surface area contributed by atoms with E-state index in [1.165, 1.54) is 6.92 Å². The summed E-state index contributed by atoms with van der Waals surface area (Å²) < 4.78 is 0. The van der Waals surface area contributed by atoms with Gasteiger partial charge in [0.25, 0.3) is 5.91 Å². The molecular weight excluding hydrogens is 640 g/mol. The smallest absolute Gasteiger partial charge is 0.328 e. The molecule has 0 aliphatic heterocycles. The highest BCUT2D eigenvalue weighted by Gasteiger charge is 2.33. The molecule has 1 heterocycles. The Labute approximate surface area is 283 Å². The number of urea groups is 1. The number of hydrogen-bond acceptors (Lipinski definition) is 7. The van der Waals surface area contributed by atoms with E-state index in [0.717, 1.165) is 21.4 Å². The Morgan fingerprint density at radius 3 is 2.21 bits per heavy atom. The van der Waals surface area contributed by atoms with Crippen LogP contribution in [0.4, 0.5) is 10.5 Å². The van der Waals surface area contributed by atoms with Gasteiger partial charge in [0.05, 0.1) is 18.2 Å². The summed E-state index contributed by atoms with van der Waals surface area (Å²) in [5, 5.41) is 11.1. The lowest BCUT2D eigenvalue weighted by molar-refractivity contribution is -0.134. The number of halogens is 1. The van der Waals surface area contributed by atoms with Crippen molar-refractivity contribution in [1.82, 2.24) is 26.3 Å². The number of anilines is 1. The predicted molar refractivity (Wildman–Crippen MR) is 183 cm³/mol. The number of aromatic nitrogens is 1. The second kappa shape index (κ2) is 18.4. The highest BCUT2D eigenvalue weighted by molar-refractivity contribution is 6.19. The molecule has 1 aromatic heterocycles. The number of primary amides is 1. The topological polar surface area (TPSA) is 222 Å². The molecule has 0 fully saturated rings. The van der Waals surface area contributed by atoms with Gasteiger partial charge in [0.15, 0.2) is 0 Å².